The van der Waals surface area contributed by atoms with Crippen molar-refractivity contribution >= 4 is 75.3 Å². The Bertz CT molecular complexity index is 2270. The van der Waals surface area contributed by atoms with Crippen molar-refractivity contribution in [2.75, 3.05) is 33.6 Å². The highest BCUT2D eigenvalue weighted by Crippen LogP contribution is 2.42. The lowest BCUT2D eigenvalue weighted by atomic mass is 9.88. The van der Waals surface area contributed by atoms with E-state index in [-0.39, 0.29) is 47.7 Å². The molecule has 3 aromatic rings. The molecule has 2 aromatic carbocycles. The number of fused-ring (bicyclic) bond motifs is 2. The second-order valence-corrected chi connectivity index (χ2v) is 16.9. The van der Waals surface area contributed by atoms with Crippen LogP contribution in [0, 0.1) is 17.2 Å². The zero-order valence-electron chi connectivity index (χ0n) is 33.2. The first-order valence-electron chi connectivity index (χ1n) is 19.8. The molecule has 4 amide bonds. The maximum absolute atomic E-state index is 13.8. The Morgan fingerprint density at radius 2 is 1.78 bits per heavy atom. The van der Waals surface area contributed by atoms with Crippen molar-refractivity contribution in [1.29, 1.82) is 5.26 Å². The molecule has 4 atom stereocenters. The zero-order valence-corrected chi connectivity index (χ0v) is 34.8. The smallest absolute Gasteiger partial charge is 0.419 e. The van der Waals surface area contributed by atoms with E-state index in [1.165, 1.54) is 6.07 Å². The van der Waals surface area contributed by atoms with Crippen LogP contribution in [0.5, 0.6) is 5.75 Å². The number of thiocarbonyl (C=S) groups is 1. The van der Waals surface area contributed by atoms with Gasteiger partial charge in [-0.05, 0) is 125 Å². The fourth-order valence-corrected chi connectivity index (χ4v) is 9.58. The summed E-state index contributed by atoms with van der Waals surface area (Å²) in [6.45, 7) is 5.99. The minimum atomic E-state index is -4.86. The molecular weight excluding hydrogens is 821 g/mol. The first-order valence-corrected chi connectivity index (χ1v) is 20.6. The van der Waals surface area contributed by atoms with E-state index in [2.05, 4.69) is 25.8 Å². The van der Waals surface area contributed by atoms with Crippen LogP contribution in [0.3, 0.4) is 0 Å². The van der Waals surface area contributed by atoms with Crippen LogP contribution in [0.2, 0.25) is 5.02 Å². The fraction of sp³-hybridized carbons (Fsp3) is 0.452. The average molecular weight is 865 g/mol. The Labute approximate surface area is 355 Å². The maximum atomic E-state index is 13.8. The van der Waals surface area contributed by atoms with Gasteiger partial charge in [0.25, 0.3) is 5.91 Å². The van der Waals surface area contributed by atoms with Crippen LogP contribution in [0.15, 0.2) is 48.7 Å². The number of benzene rings is 2. The van der Waals surface area contributed by atoms with Gasteiger partial charge in [-0.15, -0.1) is 0 Å². The van der Waals surface area contributed by atoms with E-state index >= 15 is 0 Å². The number of ether oxygens (including phenoxy) is 1. The number of aryl methyl sites for hydroxylation is 1. The van der Waals surface area contributed by atoms with Gasteiger partial charge in [-0.1, -0.05) is 18.5 Å². The number of anilines is 4. The molecule has 4 fully saturated rings. The number of carbonyl (C=O) groups is 4. The molecule has 0 radical (unpaired) electrons. The quantitative estimate of drug-likeness (QED) is 0.128. The number of imide groups is 1. The highest BCUT2D eigenvalue weighted by molar-refractivity contribution is 7.81. The van der Waals surface area contributed by atoms with Crippen molar-refractivity contribution in [1.82, 2.24) is 15.2 Å². The summed E-state index contributed by atoms with van der Waals surface area (Å²) in [5.41, 5.74) is -0.957. The molecule has 0 aliphatic carbocycles. The lowest BCUT2D eigenvalue weighted by molar-refractivity contribution is -0.138. The summed E-state index contributed by atoms with van der Waals surface area (Å²) < 4.78 is 47.6. The van der Waals surface area contributed by atoms with Gasteiger partial charge in [0.2, 0.25) is 17.7 Å². The largest absolute Gasteiger partial charge is 0.493 e. The Morgan fingerprint density at radius 3 is 2.45 bits per heavy atom. The molecule has 13 nitrogen and oxygen atoms in total. The number of nitrogens with one attached hydrogen (secondary N) is 3. The minimum Gasteiger partial charge on any atom is -0.493 e. The summed E-state index contributed by atoms with van der Waals surface area (Å²) in [5.74, 6) is -0.302. The van der Waals surface area contributed by atoms with Crippen LogP contribution in [0.25, 0.3) is 0 Å². The molecule has 0 saturated carbocycles. The molecule has 5 heterocycles. The predicted octanol–water partition coefficient (Wildman–Crippen LogP) is 6.97. The molecule has 316 valence electrons. The highest BCUT2D eigenvalue weighted by Gasteiger charge is 2.51. The lowest BCUT2D eigenvalue weighted by Crippen LogP contribution is -2.47. The molecule has 4 aliphatic heterocycles. The Balaban J connectivity index is 0.937. The normalized spacial score (nSPS) is 22.8. The summed E-state index contributed by atoms with van der Waals surface area (Å²) in [6.07, 6.45) is 2.11. The summed E-state index contributed by atoms with van der Waals surface area (Å²) >= 11 is 12.1. The molecule has 4 saturated heterocycles. The third kappa shape index (κ3) is 8.77. The van der Waals surface area contributed by atoms with Crippen molar-refractivity contribution in [2.24, 2.45) is 5.92 Å². The number of amides is 4. The van der Waals surface area contributed by atoms with Gasteiger partial charge in [0.05, 0.1) is 30.6 Å². The minimum absolute atomic E-state index is 0.0169. The molecule has 1 aromatic heterocycles. The number of hydrogen-bond acceptors (Lipinski definition) is 10. The summed E-state index contributed by atoms with van der Waals surface area (Å²) in [7, 11) is 0. The molecule has 3 N–H and O–H groups in total. The number of nitriles is 1. The number of pyridine rings is 1. The monoisotopic (exact) mass is 864 g/mol. The van der Waals surface area contributed by atoms with E-state index < -0.39 is 40.8 Å². The van der Waals surface area contributed by atoms with Gasteiger partial charge in [-0.3, -0.25) is 34.3 Å². The number of piperidine rings is 2. The molecule has 18 heteroatoms. The lowest BCUT2D eigenvalue weighted by Gasteiger charge is -2.38. The SMILES string of the molecule is CCc1cc(N2C(=S)N(c3cnc(C#N)c(C(F)(F)F)c3)C(=O)C2(C)C)ccc1OCC[C@H]1C[C@H]2CC[C@@H](C1)N2CC(=O)Nc1cc(Cl)cc(NC2CCC(=O)NC2=O)c1. The third-order valence-electron chi connectivity index (χ3n) is 11.7. The second kappa shape index (κ2) is 17.0. The van der Waals surface area contributed by atoms with Gasteiger partial charge >= 0.3 is 6.18 Å². The van der Waals surface area contributed by atoms with Gasteiger partial charge in [0.1, 0.15) is 23.4 Å². The van der Waals surface area contributed by atoms with Crippen molar-refractivity contribution in [3.05, 3.63) is 70.5 Å². The molecular formula is C42H44ClF3N8O5S. The van der Waals surface area contributed by atoms with E-state index in [1.807, 2.05) is 19.1 Å². The molecule has 60 heavy (non-hydrogen) atoms. The van der Waals surface area contributed by atoms with Crippen LogP contribution >= 0.6 is 23.8 Å². The van der Waals surface area contributed by atoms with Crippen LogP contribution < -0.4 is 30.5 Å². The van der Waals surface area contributed by atoms with Gasteiger partial charge in [0.15, 0.2) is 10.8 Å². The Hall–Kier alpha value is -5.31. The Kier molecular flexibility index (Phi) is 12.1. The molecule has 0 spiro atoms. The van der Waals surface area contributed by atoms with E-state index in [0.717, 1.165) is 54.8 Å². The van der Waals surface area contributed by atoms with E-state index in [1.54, 1.807) is 43.0 Å². The van der Waals surface area contributed by atoms with Crippen LogP contribution in [-0.4, -0.2) is 75.4 Å². The number of rotatable bonds is 12. The highest BCUT2D eigenvalue weighted by atomic mass is 35.5. The van der Waals surface area contributed by atoms with Crippen molar-refractivity contribution in [2.45, 2.75) is 102 Å². The first kappa shape index (κ1) is 42.8. The van der Waals surface area contributed by atoms with Gasteiger partial charge in [-0.2, -0.15) is 18.4 Å². The predicted molar refractivity (Wildman–Crippen MR) is 223 cm³/mol. The number of carbonyl (C=O) groups excluding carboxylic acids is 4. The summed E-state index contributed by atoms with van der Waals surface area (Å²) in [4.78, 5) is 59.3. The van der Waals surface area contributed by atoms with E-state index in [9.17, 15) is 37.6 Å². The van der Waals surface area contributed by atoms with Crippen LogP contribution in [0.1, 0.15) is 82.5 Å². The second-order valence-electron chi connectivity index (χ2n) is 16.1. The van der Waals surface area contributed by atoms with Gasteiger partial charge in [0, 0.05) is 40.6 Å². The standard InChI is InChI=1S/C42H44ClF3N8O5S/c1-4-24-15-30(54-40(60)53(39(58)41(54,2)3)31-19-32(42(44,45)46)34(20-47)48-21-31)7-9-35(24)59-12-11-23-13-28-5-6-29(14-23)52(28)22-37(56)50-27-17-25(43)16-26(18-27)49-33-8-10-36(55)51-38(33)57/h7,9,15-19,21,23,28-29,33,49H,4-6,8,10-14,22H2,1-3H3,(H,50,56)(H,51,55,57)/t23-,28+,29-,33?. The molecule has 7 rings (SSSR count). The summed E-state index contributed by atoms with van der Waals surface area (Å²) in [6, 6.07) is 12.6. The number of alkyl halides is 3. The molecule has 4 aliphatic rings. The topological polar surface area (TPSA) is 160 Å². The zero-order chi connectivity index (χ0) is 43.1. The number of halogens is 4. The van der Waals surface area contributed by atoms with Crippen molar-refractivity contribution in [3.63, 3.8) is 0 Å². The van der Waals surface area contributed by atoms with E-state index in [4.69, 9.17) is 28.6 Å². The van der Waals surface area contributed by atoms with E-state index in [0.29, 0.717) is 53.2 Å². The van der Waals surface area contributed by atoms with Gasteiger partial charge < -0.3 is 20.3 Å². The van der Waals surface area contributed by atoms with Gasteiger partial charge in [-0.25, -0.2) is 4.98 Å². The van der Waals surface area contributed by atoms with Crippen molar-refractivity contribution < 1.29 is 37.1 Å². The van der Waals surface area contributed by atoms with Crippen molar-refractivity contribution in [3.8, 4) is 11.8 Å². The van der Waals surface area contributed by atoms with Crippen LogP contribution in [-0.2, 0) is 31.8 Å². The number of hydrogen-bond donors (Lipinski definition) is 3. The third-order valence-corrected chi connectivity index (χ3v) is 12.3. The average Bonchev–Trinajstić information content (AvgIpc) is 3.51. The number of nitrogens with zero attached hydrogens (tertiary/aromatic N) is 5. The maximum Gasteiger partial charge on any atom is 0.419 e. The van der Waals surface area contributed by atoms with Crippen LogP contribution in [0.4, 0.5) is 35.9 Å². The molecule has 1 unspecified atom stereocenters. The number of aromatic nitrogens is 1. The Morgan fingerprint density at radius 1 is 1.07 bits per heavy atom. The first-order chi connectivity index (χ1) is 28.5. The molecule has 2 bridgehead atoms. The fourth-order valence-electron chi connectivity index (χ4n) is 8.82. The summed E-state index contributed by atoms with van der Waals surface area (Å²) in [5, 5.41) is 18.0.